The van der Waals surface area contributed by atoms with Crippen LogP contribution < -0.4 is 5.32 Å². The van der Waals surface area contributed by atoms with Gasteiger partial charge in [-0.2, -0.15) is 0 Å². The molecule has 0 radical (unpaired) electrons. The molecule has 1 aromatic carbocycles. The van der Waals surface area contributed by atoms with Gasteiger partial charge in [0.2, 0.25) is 5.91 Å². The first-order valence-corrected chi connectivity index (χ1v) is 10.2. The maximum atomic E-state index is 12.2. The fourth-order valence-corrected chi connectivity index (χ4v) is 3.48. The highest BCUT2D eigenvalue weighted by atomic mass is 32.2. The average molecular weight is 350 g/mol. The van der Waals surface area contributed by atoms with Crippen LogP contribution in [0, 0.1) is 5.92 Å². The first-order chi connectivity index (χ1) is 11.3. The molecule has 1 aliphatic rings. The number of hydrogen-bond donors (Lipinski definition) is 1. The minimum absolute atomic E-state index is 0.0800. The number of nitrogens with zero attached hydrogens (tertiary/aromatic N) is 1. The van der Waals surface area contributed by atoms with Gasteiger partial charge >= 0.3 is 0 Å². The van der Waals surface area contributed by atoms with Crippen LogP contribution in [0.2, 0.25) is 0 Å². The van der Waals surface area contributed by atoms with Gasteiger partial charge in [0.25, 0.3) is 0 Å². The van der Waals surface area contributed by atoms with E-state index in [2.05, 4.69) is 29.3 Å². The van der Waals surface area contributed by atoms with Crippen molar-refractivity contribution in [1.82, 2.24) is 10.2 Å². The summed E-state index contributed by atoms with van der Waals surface area (Å²) in [6.07, 6.45) is 4.72. The molecule has 0 aromatic heterocycles. The Bertz CT molecular complexity index is 671. The summed E-state index contributed by atoms with van der Waals surface area (Å²) >= 11 is 0. The summed E-state index contributed by atoms with van der Waals surface area (Å²) in [6.45, 7) is 3.71. The smallest absolute Gasteiger partial charge is 0.234 e. The largest absolute Gasteiger partial charge is 0.351 e. The molecule has 0 spiro atoms. The van der Waals surface area contributed by atoms with E-state index in [1.165, 1.54) is 11.6 Å². The van der Waals surface area contributed by atoms with Crippen molar-refractivity contribution in [2.24, 2.45) is 5.92 Å². The quantitative estimate of drug-likeness (QED) is 0.853. The van der Waals surface area contributed by atoms with Crippen molar-refractivity contribution < 1.29 is 13.2 Å². The number of likely N-dealkylation sites (tertiary alicyclic amines) is 1. The lowest BCUT2D eigenvalue weighted by atomic mass is 9.88. The zero-order valence-electron chi connectivity index (χ0n) is 14.3. The number of piperidine rings is 1. The molecule has 2 atom stereocenters. The van der Waals surface area contributed by atoms with Crippen LogP contribution in [0.15, 0.2) is 41.8 Å². The Morgan fingerprint density at radius 2 is 2.04 bits per heavy atom. The molecule has 1 aromatic rings. The van der Waals surface area contributed by atoms with Crippen molar-refractivity contribution >= 4 is 15.7 Å². The number of carbonyl (C=O) groups excluding carboxylic acids is 1. The molecule has 1 fully saturated rings. The van der Waals surface area contributed by atoms with Gasteiger partial charge in [-0.05, 0) is 30.9 Å². The van der Waals surface area contributed by atoms with Crippen LogP contribution in [-0.2, 0) is 14.6 Å². The van der Waals surface area contributed by atoms with Crippen LogP contribution in [0.3, 0.4) is 0 Å². The Morgan fingerprint density at radius 3 is 2.71 bits per heavy atom. The van der Waals surface area contributed by atoms with Crippen molar-refractivity contribution in [3.8, 4) is 0 Å². The second-order valence-electron chi connectivity index (χ2n) is 6.53. The highest BCUT2D eigenvalue weighted by Gasteiger charge is 2.28. The molecule has 0 unspecified atom stereocenters. The van der Waals surface area contributed by atoms with Gasteiger partial charge in [-0.25, -0.2) is 8.42 Å². The highest BCUT2D eigenvalue weighted by molar-refractivity contribution is 7.93. The monoisotopic (exact) mass is 350 g/mol. The van der Waals surface area contributed by atoms with Gasteiger partial charge in [0.05, 0.1) is 6.54 Å². The third kappa shape index (κ3) is 6.09. The number of benzene rings is 1. The van der Waals surface area contributed by atoms with E-state index in [0.717, 1.165) is 31.1 Å². The zero-order valence-corrected chi connectivity index (χ0v) is 15.1. The van der Waals surface area contributed by atoms with Crippen LogP contribution in [-0.4, -0.2) is 45.1 Å². The molecule has 1 amide bonds. The number of rotatable bonds is 6. The fraction of sp³-hybridized carbons (Fsp3) is 0.500. The van der Waals surface area contributed by atoms with E-state index in [9.17, 15) is 13.2 Å². The first-order valence-electron chi connectivity index (χ1n) is 8.27. The van der Waals surface area contributed by atoms with Crippen molar-refractivity contribution in [2.45, 2.75) is 25.8 Å². The Morgan fingerprint density at radius 1 is 1.33 bits per heavy atom. The van der Waals surface area contributed by atoms with E-state index in [1.54, 1.807) is 0 Å². The van der Waals surface area contributed by atoms with Crippen LogP contribution >= 0.6 is 0 Å². The first kappa shape index (κ1) is 18.7. The normalized spacial score (nSPS) is 22.6. The van der Waals surface area contributed by atoms with Gasteiger partial charge < -0.3 is 5.32 Å². The van der Waals surface area contributed by atoms with E-state index in [-0.39, 0.29) is 18.5 Å². The molecule has 0 saturated carbocycles. The molecular weight excluding hydrogens is 324 g/mol. The summed E-state index contributed by atoms with van der Waals surface area (Å²) in [7, 11) is -3.14. The average Bonchev–Trinajstić information content (AvgIpc) is 2.53. The van der Waals surface area contributed by atoms with Crippen LogP contribution in [0.4, 0.5) is 0 Å². The van der Waals surface area contributed by atoms with Crippen molar-refractivity contribution in [1.29, 1.82) is 0 Å². The zero-order chi connectivity index (χ0) is 17.6. The number of sulfone groups is 1. The summed E-state index contributed by atoms with van der Waals surface area (Å²) in [5.41, 5.74) is 1.24. The molecule has 6 heteroatoms. The molecule has 1 saturated heterocycles. The molecule has 5 nitrogen and oxygen atoms in total. The highest BCUT2D eigenvalue weighted by Crippen LogP contribution is 2.33. The molecule has 0 aliphatic carbocycles. The van der Waals surface area contributed by atoms with E-state index in [0.29, 0.717) is 12.5 Å². The number of carbonyl (C=O) groups is 1. The van der Waals surface area contributed by atoms with Gasteiger partial charge in [-0.15, -0.1) is 0 Å². The lowest BCUT2D eigenvalue weighted by Crippen LogP contribution is -2.43. The lowest BCUT2D eigenvalue weighted by molar-refractivity contribution is -0.123. The van der Waals surface area contributed by atoms with Gasteiger partial charge in [-0.1, -0.05) is 43.3 Å². The van der Waals surface area contributed by atoms with Crippen LogP contribution in [0.5, 0.6) is 0 Å². The third-order valence-electron chi connectivity index (χ3n) is 4.27. The van der Waals surface area contributed by atoms with Crippen LogP contribution in [0.1, 0.15) is 31.4 Å². The maximum Gasteiger partial charge on any atom is 0.234 e. The summed E-state index contributed by atoms with van der Waals surface area (Å²) < 4.78 is 22.0. The second kappa shape index (κ2) is 8.44. The van der Waals surface area contributed by atoms with Crippen molar-refractivity contribution in [3.63, 3.8) is 0 Å². The minimum Gasteiger partial charge on any atom is -0.351 e. The Labute approximate surface area is 144 Å². The molecule has 132 valence electrons. The van der Waals surface area contributed by atoms with E-state index in [4.69, 9.17) is 0 Å². The topological polar surface area (TPSA) is 66.5 Å². The van der Waals surface area contributed by atoms with E-state index in [1.807, 2.05) is 18.2 Å². The number of nitrogens with one attached hydrogen (secondary N) is 1. The Kier molecular flexibility index (Phi) is 6.57. The number of hydrogen-bond acceptors (Lipinski definition) is 4. The summed E-state index contributed by atoms with van der Waals surface area (Å²) in [5.74, 6) is 0.566. The summed E-state index contributed by atoms with van der Waals surface area (Å²) in [5, 5.41) is 3.87. The molecular formula is C18H26N2O3S. The van der Waals surface area contributed by atoms with E-state index < -0.39 is 9.84 Å². The van der Waals surface area contributed by atoms with Crippen molar-refractivity contribution in [2.75, 3.05) is 25.9 Å². The SMILES string of the molecule is C[C@@H]1CCN(CC(=O)NC/C=C\S(C)(=O)=O)[C@H](c2ccccc2)C1. The van der Waals surface area contributed by atoms with Gasteiger partial charge in [-0.3, -0.25) is 9.69 Å². The molecule has 0 bridgehead atoms. The van der Waals surface area contributed by atoms with E-state index >= 15 is 0 Å². The minimum atomic E-state index is -3.14. The maximum absolute atomic E-state index is 12.2. The molecule has 1 N–H and O–H groups in total. The fourth-order valence-electron chi connectivity index (χ4n) is 3.04. The lowest BCUT2D eigenvalue weighted by Gasteiger charge is -2.38. The van der Waals surface area contributed by atoms with Gasteiger partial charge in [0.15, 0.2) is 9.84 Å². The molecule has 2 rings (SSSR count). The number of amides is 1. The Hall–Kier alpha value is -1.66. The van der Waals surface area contributed by atoms with Crippen LogP contribution in [0.25, 0.3) is 0 Å². The predicted octanol–water partition coefficient (Wildman–Crippen LogP) is 2.13. The molecule has 1 aliphatic heterocycles. The van der Waals surface area contributed by atoms with Gasteiger partial charge in [0, 0.05) is 24.3 Å². The standard InChI is InChI=1S/C18H26N2O3S/c1-15-9-11-20(17(13-15)16-7-4-3-5-8-16)14-18(21)19-10-6-12-24(2,22)23/h3-8,12,15,17H,9-11,13-14H2,1-2H3,(H,19,21)/b12-6-/t15-,17+/m1/s1. The summed E-state index contributed by atoms with van der Waals surface area (Å²) in [6, 6.07) is 10.5. The predicted molar refractivity (Wildman–Crippen MR) is 96.1 cm³/mol. The molecule has 24 heavy (non-hydrogen) atoms. The van der Waals surface area contributed by atoms with Crippen molar-refractivity contribution in [3.05, 3.63) is 47.4 Å². The Balaban J connectivity index is 1.93. The summed E-state index contributed by atoms with van der Waals surface area (Å²) in [4.78, 5) is 14.4. The second-order valence-corrected chi connectivity index (χ2v) is 8.46. The molecule has 1 heterocycles. The third-order valence-corrected chi connectivity index (χ3v) is 4.95. The van der Waals surface area contributed by atoms with Gasteiger partial charge in [0.1, 0.15) is 0 Å².